The molecule has 1 N–H and O–H groups in total. The molecule has 1 aliphatic heterocycles. The molecule has 8 heteroatoms. The third-order valence-electron chi connectivity index (χ3n) is 6.01. The van der Waals surface area contributed by atoms with Crippen molar-refractivity contribution in [3.05, 3.63) is 87.9 Å². The van der Waals surface area contributed by atoms with Crippen molar-refractivity contribution >= 4 is 29.0 Å². The van der Waals surface area contributed by atoms with Crippen molar-refractivity contribution in [3.8, 4) is 0 Å². The molecule has 2 aromatic carbocycles. The first-order valence-electron chi connectivity index (χ1n) is 11.8. The maximum atomic E-state index is 13.5. The molecule has 0 radical (unpaired) electrons. The van der Waals surface area contributed by atoms with Gasteiger partial charge < -0.3 is 19.9 Å². The maximum absolute atomic E-state index is 13.5. The van der Waals surface area contributed by atoms with Crippen LogP contribution in [0.2, 0.25) is 0 Å². The van der Waals surface area contributed by atoms with E-state index < -0.39 is 0 Å². The first kappa shape index (κ1) is 24.9. The highest BCUT2D eigenvalue weighted by atomic mass is 32.1. The zero-order valence-corrected chi connectivity index (χ0v) is 20.6. The number of hydrogen-bond acceptors (Lipinski definition) is 4. The largest absolute Gasteiger partial charge is 0.376 e. The van der Waals surface area contributed by atoms with Crippen LogP contribution in [0.15, 0.2) is 66.0 Å². The number of carbonyl (C=O) groups is 2. The van der Waals surface area contributed by atoms with E-state index in [0.29, 0.717) is 31.9 Å². The summed E-state index contributed by atoms with van der Waals surface area (Å²) in [6, 6.07) is 17.3. The Kier molecular flexibility index (Phi) is 8.50. The van der Waals surface area contributed by atoms with Gasteiger partial charge in [0, 0.05) is 30.3 Å². The molecule has 0 aliphatic carbocycles. The number of rotatable bonds is 9. The number of anilines is 1. The summed E-state index contributed by atoms with van der Waals surface area (Å²) in [5.41, 5.74) is 2.48. The molecule has 3 aromatic rings. The predicted octanol–water partition coefficient (Wildman–Crippen LogP) is 5.44. The minimum absolute atomic E-state index is 0.0792. The molecule has 1 unspecified atom stereocenters. The molecule has 1 aromatic heterocycles. The third-order valence-corrected chi connectivity index (χ3v) is 6.88. The van der Waals surface area contributed by atoms with Crippen LogP contribution in [0.3, 0.4) is 0 Å². The number of thiophene rings is 1. The third kappa shape index (κ3) is 7.13. The molecule has 0 spiro atoms. The smallest absolute Gasteiger partial charge is 0.322 e. The minimum atomic E-state index is -0.332. The number of hydrogen-bond donors (Lipinski definition) is 1. The molecule has 184 valence electrons. The Morgan fingerprint density at radius 2 is 1.86 bits per heavy atom. The Morgan fingerprint density at radius 3 is 2.54 bits per heavy atom. The van der Waals surface area contributed by atoms with Gasteiger partial charge in [-0.05, 0) is 60.5 Å². The van der Waals surface area contributed by atoms with Crippen LogP contribution in [0.4, 0.5) is 14.9 Å². The standard InChI is InChI=1S/C27H30FN3O3S/c1-20-6-2-3-9-25(20)29-27(33)31(17-23-7-4-14-34-23)19-26(32)30(18-24-8-5-15-35-24)16-21-10-12-22(28)13-11-21/h2-3,5-6,8-13,15,23H,4,7,14,16-19H2,1H3,(H,29,33). The van der Waals surface area contributed by atoms with Crippen LogP contribution in [0.25, 0.3) is 0 Å². The second-order valence-electron chi connectivity index (χ2n) is 8.72. The fourth-order valence-electron chi connectivity index (χ4n) is 4.06. The summed E-state index contributed by atoms with van der Waals surface area (Å²) < 4.78 is 19.2. The summed E-state index contributed by atoms with van der Waals surface area (Å²) in [4.78, 5) is 31.1. The number of ether oxygens (including phenoxy) is 1. The summed E-state index contributed by atoms with van der Waals surface area (Å²) in [6.07, 6.45) is 1.71. The molecule has 1 saturated heterocycles. The number of carbonyl (C=O) groups excluding carboxylic acids is 2. The number of nitrogens with one attached hydrogen (secondary N) is 1. The fourth-order valence-corrected chi connectivity index (χ4v) is 4.78. The number of halogens is 1. The van der Waals surface area contributed by atoms with Crippen LogP contribution >= 0.6 is 11.3 Å². The van der Waals surface area contributed by atoms with Crippen molar-refractivity contribution < 1.29 is 18.7 Å². The number of amides is 3. The number of benzene rings is 2. The molecule has 35 heavy (non-hydrogen) atoms. The maximum Gasteiger partial charge on any atom is 0.322 e. The zero-order valence-electron chi connectivity index (χ0n) is 19.8. The van der Waals surface area contributed by atoms with E-state index >= 15 is 0 Å². The molecule has 6 nitrogen and oxygen atoms in total. The molecule has 1 aliphatic rings. The van der Waals surface area contributed by atoms with Crippen molar-refractivity contribution in [2.24, 2.45) is 0 Å². The van der Waals surface area contributed by atoms with Gasteiger partial charge >= 0.3 is 6.03 Å². The highest BCUT2D eigenvalue weighted by molar-refractivity contribution is 7.09. The van der Waals surface area contributed by atoms with Crippen LogP contribution in [0, 0.1) is 12.7 Å². The van der Waals surface area contributed by atoms with Gasteiger partial charge in [-0.25, -0.2) is 9.18 Å². The van der Waals surface area contributed by atoms with E-state index in [0.717, 1.165) is 28.8 Å². The molecule has 0 saturated carbocycles. The minimum Gasteiger partial charge on any atom is -0.376 e. The average molecular weight is 496 g/mol. The first-order valence-corrected chi connectivity index (χ1v) is 12.6. The Morgan fingerprint density at radius 1 is 1.06 bits per heavy atom. The summed E-state index contributed by atoms with van der Waals surface area (Å²) >= 11 is 1.57. The second kappa shape index (κ2) is 12.0. The van der Waals surface area contributed by atoms with Crippen LogP contribution in [0.5, 0.6) is 0 Å². The van der Waals surface area contributed by atoms with E-state index in [9.17, 15) is 14.0 Å². The molecule has 0 bridgehead atoms. The summed E-state index contributed by atoms with van der Waals surface area (Å²) in [6.45, 7) is 3.60. The molecular formula is C27H30FN3O3S. The second-order valence-corrected chi connectivity index (χ2v) is 9.75. The van der Waals surface area contributed by atoms with Gasteiger partial charge in [0.25, 0.3) is 0 Å². The molecule has 4 rings (SSSR count). The van der Waals surface area contributed by atoms with Crippen molar-refractivity contribution in [3.63, 3.8) is 0 Å². The Hall–Kier alpha value is -3.23. The van der Waals surface area contributed by atoms with Gasteiger partial charge in [0.2, 0.25) is 5.91 Å². The number of aryl methyl sites for hydroxylation is 1. The summed E-state index contributed by atoms with van der Waals surface area (Å²) in [5.74, 6) is -0.499. The van der Waals surface area contributed by atoms with E-state index in [4.69, 9.17) is 4.74 Å². The molecule has 3 amide bonds. The SMILES string of the molecule is Cc1ccccc1NC(=O)N(CC(=O)N(Cc1ccc(F)cc1)Cc1cccs1)CC1CCCO1. The molecule has 1 atom stereocenters. The normalized spacial score (nSPS) is 15.1. The van der Waals surface area contributed by atoms with E-state index in [-0.39, 0.29) is 30.4 Å². The monoisotopic (exact) mass is 495 g/mol. The van der Waals surface area contributed by atoms with Gasteiger partial charge in [-0.15, -0.1) is 11.3 Å². The summed E-state index contributed by atoms with van der Waals surface area (Å²) in [7, 11) is 0. The van der Waals surface area contributed by atoms with E-state index in [1.807, 2.05) is 48.7 Å². The van der Waals surface area contributed by atoms with Crippen LogP contribution in [-0.2, 0) is 22.6 Å². The van der Waals surface area contributed by atoms with Gasteiger partial charge in [0.05, 0.1) is 12.6 Å². The highest BCUT2D eigenvalue weighted by Gasteiger charge is 2.27. The Bertz CT molecular complexity index is 1110. The molecular weight excluding hydrogens is 465 g/mol. The summed E-state index contributed by atoms with van der Waals surface area (Å²) in [5, 5.41) is 4.92. The quantitative estimate of drug-likeness (QED) is 0.430. The van der Waals surface area contributed by atoms with E-state index in [1.54, 1.807) is 28.4 Å². The lowest BCUT2D eigenvalue weighted by atomic mass is 10.2. The zero-order chi connectivity index (χ0) is 24.6. The van der Waals surface area contributed by atoms with Crippen LogP contribution in [-0.4, -0.2) is 47.5 Å². The van der Waals surface area contributed by atoms with Gasteiger partial charge in [0.15, 0.2) is 0 Å². The Balaban J connectivity index is 1.51. The molecule has 2 heterocycles. The lowest BCUT2D eigenvalue weighted by molar-refractivity contribution is -0.133. The number of urea groups is 1. The van der Waals surface area contributed by atoms with E-state index in [1.165, 1.54) is 17.0 Å². The van der Waals surface area contributed by atoms with Crippen LogP contribution in [0.1, 0.15) is 28.8 Å². The lowest BCUT2D eigenvalue weighted by Crippen LogP contribution is -2.46. The van der Waals surface area contributed by atoms with Gasteiger partial charge in [-0.1, -0.05) is 36.4 Å². The van der Waals surface area contributed by atoms with Crippen molar-refractivity contribution in [1.29, 1.82) is 0 Å². The highest BCUT2D eigenvalue weighted by Crippen LogP contribution is 2.19. The van der Waals surface area contributed by atoms with Crippen molar-refractivity contribution in [2.45, 2.75) is 39.0 Å². The Labute approximate surface area is 209 Å². The van der Waals surface area contributed by atoms with Crippen molar-refractivity contribution in [2.75, 3.05) is 25.0 Å². The number of nitrogens with zero attached hydrogens (tertiary/aromatic N) is 2. The average Bonchev–Trinajstić information content (AvgIpc) is 3.55. The van der Waals surface area contributed by atoms with Crippen molar-refractivity contribution in [1.82, 2.24) is 9.80 Å². The van der Waals surface area contributed by atoms with Gasteiger partial charge in [-0.2, -0.15) is 0 Å². The lowest BCUT2D eigenvalue weighted by Gasteiger charge is -2.29. The van der Waals surface area contributed by atoms with Crippen LogP contribution < -0.4 is 5.32 Å². The first-order chi connectivity index (χ1) is 17.0. The number of para-hydroxylation sites is 1. The van der Waals surface area contributed by atoms with E-state index in [2.05, 4.69) is 5.32 Å². The fraction of sp³-hybridized carbons (Fsp3) is 0.333. The van der Waals surface area contributed by atoms with Gasteiger partial charge in [0.1, 0.15) is 12.4 Å². The predicted molar refractivity (Wildman–Crippen MR) is 136 cm³/mol. The topological polar surface area (TPSA) is 61.9 Å². The van der Waals surface area contributed by atoms with Gasteiger partial charge in [-0.3, -0.25) is 4.79 Å². The molecule has 1 fully saturated rings.